The number of aryl methyl sites for hydroxylation is 1. The van der Waals surface area contributed by atoms with Gasteiger partial charge in [0.1, 0.15) is 5.82 Å². The Balaban J connectivity index is 2.96. The van der Waals surface area contributed by atoms with E-state index in [-0.39, 0.29) is 11.9 Å². The number of nitrogens with two attached hydrogens (primary N) is 1. The maximum Gasteiger partial charge on any atom is 0.123 e. The second-order valence-corrected chi connectivity index (χ2v) is 3.18. The molecular weight excluding hydrogens is 183 g/mol. The third kappa shape index (κ3) is 2.51. The van der Waals surface area contributed by atoms with E-state index in [1.807, 2.05) is 6.92 Å². The number of methoxy groups -OCH3 is 1. The van der Waals surface area contributed by atoms with Gasteiger partial charge < -0.3 is 4.74 Å². The van der Waals surface area contributed by atoms with Crippen molar-refractivity contribution < 1.29 is 9.13 Å². The second kappa shape index (κ2) is 5.05. The molecule has 0 heterocycles. The zero-order valence-corrected chi connectivity index (χ0v) is 8.38. The highest BCUT2D eigenvalue weighted by Crippen LogP contribution is 2.18. The summed E-state index contributed by atoms with van der Waals surface area (Å²) >= 11 is 0. The fraction of sp³-hybridized carbons (Fsp3) is 0.400. The lowest BCUT2D eigenvalue weighted by Crippen LogP contribution is -2.31. The molecule has 1 aromatic rings. The third-order valence-corrected chi connectivity index (χ3v) is 2.15. The van der Waals surface area contributed by atoms with Crippen LogP contribution in [0.1, 0.15) is 17.2 Å². The van der Waals surface area contributed by atoms with Gasteiger partial charge in [-0.25, -0.2) is 4.39 Å². The highest BCUT2D eigenvalue weighted by atomic mass is 19.1. The predicted molar refractivity (Wildman–Crippen MR) is 53.1 cm³/mol. The van der Waals surface area contributed by atoms with Crippen molar-refractivity contribution in [2.75, 3.05) is 13.7 Å². The SMILES string of the molecule is COCC(NN)c1cc(F)ccc1C. The molecule has 0 bridgehead atoms. The average molecular weight is 198 g/mol. The van der Waals surface area contributed by atoms with Crippen molar-refractivity contribution in [1.82, 2.24) is 5.43 Å². The quantitative estimate of drug-likeness (QED) is 0.566. The van der Waals surface area contributed by atoms with E-state index in [9.17, 15) is 4.39 Å². The summed E-state index contributed by atoms with van der Waals surface area (Å²) < 4.78 is 18.0. The van der Waals surface area contributed by atoms with Gasteiger partial charge in [-0.15, -0.1) is 0 Å². The lowest BCUT2D eigenvalue weighted by atomic mass is 10.0. The maximum atomic E-state index is 13.0. The number of hydrazine groups is 1. The first kappa shape index (κ1) is 11.1. The second-order valence-electron chi connectivity index (χ2n) is 3.18. The van der Waals surface area contributed by atoms with Crippen LogP contribution < -0.4 is 11.3 Å². The monoisotopic (exact) mass is 198 g/mol. The number of rotatable bonds is 4. The number of hydrogen-bond acceptors (Lipinski definition) is 3. The molecule has 1 rings (SSSR count). The first-order valence-corrected chi connectivity index (χ1v) is 4.40. The molecule has 4 heteroatoms. The van der Waals surface area contributed by atoms with Crippen molar-refractivity contribution >= 4 is 0 Å². The van der Waals surface area contributed by atoms with Gasteiger partial charge in [0.15, 0.2) is 0 Å². The Labute approximate surface area is 83.0 Å². The van der Waals surface area contributed by atoms with Crippen LogP contribution in [0.5, 0.6) is 0 Å². The lowest BCUT2D eigenvalue weighted by molar-refractivity contribution is 0.167. The molecule has 14 heavy (non-hydrogen) atoms. The Hall–Kier alpha value is -0.970. The molecule has 0 saturated heterocycles. The van der Waals surface area contributed by atoms with Gasteiger partial charge in [0.25, 0.3) is 0 Å². The molecule has 0 fully saturated rings. The van der Waals surface area contributed by atoms with Crippen LogP contribution in [0.2, 0.25) is 0 Å². The number of ether oxygens (including phenoxy) is 1. The molecular formula is C10H15FN2O. The maximum absolute atomic E-state index is 13.0. The minimum Gasteiger partial charge on any atom is -0.383 e. The van der Waals surface area contributed by atoms with Gasteiger partial charge in [0.05, 0.1) is 12.6 Å². The third-order valence-electron chi connectivity index (χ3n) is 2.15. The topological polar surface area (TPSA) is 47.3 Å². The highest BCUT2D eigenvalue weighted by molar-refractivity contribution is 5.29. The molecule has 0 aliphatic carbocycles. The Morgan fingerprint density at radius 2 is 2.29 bits per heavy atom. The van der Waals surface area contributed by atoms with E-state index in [2.05, 4.69) is 5.43 Å². The van der Waals surface area contributed by atoms with Crippen molar-refractivity contribution in [3.63, 3.8) is 0 Å². The largest absolute Gasteiger partial charge is 0.383 e. The zero-order chi connectivity index (χ0) is 10.6. The molecule has 0 aliphatic rings. The Morgan fingerprint density at radius 3 is 2.86 bits per heavy atom. The molecule has 1 aromatic carbocycles. The smallest absolute Gasteiger partial charge is 0.123 e. The Bertz CT molecular complexity index is 304. The standard InChI is InChI=1S/C10H15FN2O/c1-7-3-4-8(11)5-9(7)10(13-12)6-14-2/h3-5,10,13H,6,12H2,1-2H3. The van der Waals surface area contributed by atoms with Crippen LogP contribution in [-0.4, -0.2) is 13.7 Å². The Morgan fingerprint density at radius 1 is 1.57 bits per heavy atom. The molecule has 1 atom stereocenters. The number of nitrogens with one attached hydrogen (secondary N) is 1. The fourth-order valence-corrected chi connectivity index (χ4v) is 1.38. The zero-order valence-electron chi connectivity index (χ0n) is 8.38. The normalized spacial score (nSPS) is 12.9. The molecule has 3 N–H and O–H groups in total. The molecule has 0 aromatic heterocycles. The number of halogens is 1. The van der Waals surface area contributed by atoms with Gasteiger partial charge >= 0.3 is 0 Å². The van der Waals surface area contributed by atoms with E-state index in [4.69, 9.17) is 10.6 Å². The summed E-state index contributed by atoms with van der Waals surface area (Å²) in [6, 6.07) is 4.46. The molecule has 78 valence electrons. The van der Waals surface area contributed by atoms with E-state index in [0.29, 0.717) is 6.61 Å². The van der Waals surface area contributed by atoms with Crippen LogP contribution in [0.15, 0.2) is 18.2 Å². The van der Waals surface area contributed by atoms with Gasteiger partial charge in [-0.3, -0.25) is 11.3 Å². The van der Waals surface area contributed by atoms with Gasteiger partial charge in [-0.1, -0.05) is 6.07 Å². The predicted octanol–water partition coefficient (Wildman–Crippen LogP) is 1.28. The average Bonchev–Trinajstić information content (AvgIpc) is 2.18. The lowest BCUT2D eigenvalue weighted by Gasteiger charge is -2.17. The molecule has 0 aliphatic heterocycles. The van der Waals surface area contributed by atoms with Gasteiger partial charge in [0, 0.05) is 7.11 Å². The van der Waals surface area contributed by atoms with E-state index >= 15 is 0 Å². The van der Waals surface area contributed by atoms with Crippen LogP contribution in [0.25, 0.3) is 0 Å². The summed E-state index contributed by atoms with van der Waals surface area (Å²) in [6.45, 7) is 2.33. The van der Waals surface area contributed by atoms with Crippen molar-refractivity contribution in [3.05, 3.63) is 35.1 Å². The van der Waals surface area contributed by atoms with E-state index < -0.39 is 0 Å². The van der Waals surface area contributed by atoms with Crippen molar-refractivity contribution in [2.45, 2.75) is 13.0 Å². The summed E-state index contributed by atoms with van der Waals surface area (Å²) in [6.07, 6.45) is 0. The molecule has 0 spiro atoms. The van der Waals surface area contributed by atoms with Crippen LogP contribution in [0, 0.1) is 12.7 Å². The summed E-state index contributed by atoms with van der Waals surface area (Å²) in [4.78, 5) is 0. The van der Waals surface area contributed by atoms with E-state index in [1.54, 1.807) is 13.2 Å². The summed E-state index contributed by atoms with van der Waals surface area (Å²) in [5, 5.41) is 0. The molecule has 3 nitrogen and oxygen atoms in total. The molecule has 0 amide bonds. The summed E-state index contributed by atoms with van der Waals surface area (Å²) in [7, 11) is 1.58. The first-order chi connectivity index (χ1) is 6.69. The van der Waals surface area contributed by atoms with Crippen LogP contribution in [-0.2, 0) is 4.74 Å². The number of hydrogen-bond donors (Lipinski definition) is 2. The Kier molecular flexibility index (Phi) is 4.00. The minimum atomic E-state index is -0.262. The van der Waals surface area contributed by atoms with Crippen molar-refractivity contribution in [1.29, 1.82) is 0 Å². The molecule has 1 unspecified atom stereocenters. The van der Waals surface area contributed by atoms with Gasteiger partial charge in [0.2, 0.25) is 0 Å². The molecule has 0 saturated carbocycles. The minimum absolute atomic E-state index is 0.171. The first-order valence-electron chi connectivity index (χ1n) is 4.40. The number of benzene rings is 1. The molecule has 0 radical (unpaired) electrons. The van der Waals surface area contributed by atoms with E-state index in [1.165, 1.54) is 12.1 Å². The van der Waals surface area contributed by atoms with E-state index in [0.717, 1.165) is 11.1 Å². The van der Waals surface area contributed by atoms with Crippen LogP contribution in [0.4, 0.5) is 4.39 Å². The van der Waals surface area contributed by atoms with Gasteiger partial charge in [-0.2, -0.15) is 0 Å². The van der Waals surface area contributed by atoms with Crippen LogP contribution >= 0.6 is 0 Å². The summed E-state index contributed by atoms with van der Waals surface area (Å²) in [5.41, 5.74) is 4.42. The van der Waals surface area contributed by atoms with Crippen LogP contribution in [0.3, 0.4) is 0 Å². The van der Waals surface area contributed by atoms with Gasteiger partial charge in [-0.05, 0) is 30.2 Å². The summed E-state index contributed by atoms with van der Waals surface area (Å²) in [5.74, 6) is 5.10. The fourth-order valence-electron chi connectivity index (χ4n) is 1.38. The highest BCUT2D eigenvalue weighted by Gasteiger charge is 2.12. The van der Waals surface area contributed by atoms with Crippen molar-refractivity contribution in [2.24, 2.45) is 5.84 Å². The van der Waals surface area contributed by atoms with Crippen molar-refractivity contribution in [3.8, 4) is 0 Å².